The number of nitrogens with one attached hydrogen (secondary N) is 1. The van der Waals surface area contributed by atoms with Gasteiger partial charge in [-0.3, -0.25) is 4.79 Å². The van der Waals surface area contributed by atoms with Gasteiger partial charge in [-0.2, -0.15) is 0 Å². The first-order valence-electron chi connectivity index (χ1n) is 7.04. The largest absolute Gasteiger partial charge is 0.322 e. The maximum atomic E-state index is 12.3. The van der Waals surface area contributed by atoms with Crippen LogP contribution in [0.4, 0.5) is 5.69 Å². The van der Waals surface area contributed by atoms with Crippen molar-refractivity contribution in [1.82, 2.24) is 0 Å². The molecule has 0 fully saturated rings. The summed E-state index contributed by atoms with van der Waals surface area (Å²) in [6, 6.07) is 19.4. The van der Waals surface area contributed by atoms with Gasteiger partial charge in [0, 0.05) is 17.5 Å². The summed E-state index contributed by atoms with van der Waals surface area (Å²) in [6.45, 7) is 0. The minimum Gasteiger partial charge on any atom is -0.322 e. The molecule has 0 aliphatic rings. The molecule has 3 rings (SSSR count). The smallest absolute Gasteiger partial charge is 0.255 e. The normalized spacial score (nSPS) is 11.3. The first kappa shape index (κ1) is 15.2. The van der Waals surface area contributed by atoms with E-state index in [1.165, 1.54) is 12.1 Å². The first-order valence-corrected chi connectivity index (χ1v) is 8.93. The number of rotatable bonds is 3. The molecule has 5 heteroatoms. The number of carbonyl (C=O) groups is 1. The van der Waals surface area contributed by atoms with Gasteiger partial charge in [-0.05, 0) is 47.2 Å². The second-order valence-electron chi connectivity index (χ2n) is 5.31. The van der Waals surface area contributed by atoms with Gasteiger partial charge in [0.05, 0.1) is 4.90 Å². The highest BCUT2D eigenvalue weighted by Crippen LogP contribution is 2.18. The van der Waals surface area contributed by atoms with Crippen LogP contribution in [0, 0.1) is 0 Å². The van der Waals surface area contributed by atoms with Crippen LogP contribution < -0.4 is 5.32 Å². The molecule has 0 bridgehead atoms. The summed E-state index contributed by atoms with van der Waals surface area (Å²) in [6.07, 6.45) is 1.15. The van der Waals surface area contributed by atoms with E-state index < -0.39 is 9.84 Å². The summed E-state index contributed by atoms with van der Waals surface area (Å²) in [5, 5.41) is 4.83. The van der Waals surface area contributed by atoms with Crippen molar-refractivity contribution < 1.29 is 13.2 Å². The number of fused-ring (bicyclic) bond motifs is 1. The topological polar surface area (TPSA) is 63.2 Å². The zero-order valence-electron chi connectivity index (χ0n) is 12.5. The van der Waals surface area contributed by atoms with Crippen LogP contribution in [0.25, 0.3) is 10.8 Å². The third-order valence-corrected chi connectivity index (χ3v) is 4.68. The fourth-order valence-corrected chi connectivity index (χ4v) is 2.95. The van der Waals surface area contributed by atoms with Crippen molar-refractivity contribution in [3.8, 4) is 0 Å². The van der Waals surface area contributed by atoms with Crippen molar-refractivity contribution in [3.63, 3.8) is 0 Å². The Hall–Kier alpha value is -2.66. The second kappa shape index (κ2) is 5.85. The van der Waals surface area contributed by atoms with Crippen molar-refractivity contribution in [2.45, 2.75) is 4.90 Å². The molecule has 0 radical (unpaired) electrons. The van der Waals surface area contributed by atoms with E-state index in [1.54, 1.807) is 18.2 Å². The molecule has 0 unspecified atom stereocenters. The molecule has 0 atom stereocenters. The molecule has 3 aromatic carbocycles. The predicted octanol–water partition coefficient (Wildman–Crippen LogP) is 3.50. The summed E-state index contributed by atoms with van der Waals surface area (Å²) >= 11 is 0. The quantitative estimate of drug-likeness (QED) is 0.801. The number of benzene rings is 3. The van der Waals surface area contributed by atoms with E-state index in [1.807, 2.05) is 36.4 Å². The van der Waals surface area contributed by atoms with Crippen LogP contribution in [-0.4, -0.2) is 20.6 Å². The molecule has 0 saturated heterocycles. The summed E-state index contributed by atoms with van der Waals surface area (Å²) in [7, 11) is -3.24. The minimum atomic E-state index is -3.24. The van der Waals surface area contributed by atoms with Crippen molar-refractivity contribution in [1.29, 1.82) is 0 Å². The Morgan fingerprint density at radius 3 is 2.17 bits per heavy atom. The van der Waals surface area contributed by atoms with E-state index in [4.69, 9.17) is 0 Å². The monoisotopic (exact) mass is 325 g/mol. The SMILES string of the molecule is CS(=O)(=O)c1ccc(NC(=O)c2ccc3ccccc3c2)cc1. The lowest BCUT2D eigenvalue weighted by Gasteiger charge is -2.07. The van der Waals surface area contributed by atoms with Crippen LogP contribution in [0.2, 0.25) is 0 Å². The zero-order chi connectivity index (χ0) is 16.4. The summed E-state index contributed by atoms with van der Waals surface area (Å²) in [5.74, 6) is -0.233. The molecule has 116 valence electrons. The molecule has 0 spiro atoms. The molecular formula is C18H15NO3S. The Kier molecular flexibility index (Phi) is 3.88. The summed E-state index contributed by atoms with van der Waals surface area (Å²) in [4.78, 5) is 12.5. The third kappa shape index (κ3) is 3.40. The molecule has 0 aliphatic heterocycles. The number of anilines is 1. The van der Waals surface area contributed by atoms with E-state index in [0.717, 1.165) is 17.0 Å². The van der Waals surface area contributed by atoms with Gasteiger partial charge in [-0.25, -0.2) is 8.42 Å². The highest BCUT2D eigenvalue weighted by molar-refractivity contribution is 7.90. The standard InChI is InChI=1S/C18H15NO3S/c1-23(21,22)17-10-8-16(9-11-17)19-18(20)15-7-6-13-4-2-3-5-14(13)12-15/h2-12H,1H3,(H,19,20). The Morgan fingerprint density at radius 2 is 1.52 bits per heavy atom. The fourth-order valence-electron chi connectivity index (χ4n) is 2.32. The van der Waals surface area contributed by atoms with Crippen LogP contribution in [0.3, 0.4) is 0 Å². The van der Waals surface area contributed by atoms with Crippen molar-refractivity contribution >= 4 is 32.2 Å². The molecule has 1 amide bonds. The number of hydrogen-bond acceptors (Lipinski definition) is 3. The number of sulfone groups is 1. The molecule has 0 saturated carbocycles. The van der Waals surface area contributed by atoms with Gasteiger partial charge in [0.1, 0.15) is 0 Å². The van der Waals surface area contributed by atoms with Gasteiger partial charge >= 0.3 is 0 Å². The van der Waals surface area contributed by atoms with E-state index in [0.29, 0.717) is 11.3 Å². The average Bonchev–Trinajstić information content (AvgIpc) is 2.54. The lowest BCUT2D eigenvalue weighted by atomic mass is 10.1. The van der Waals surface area contributed by atoms with Gasteiger partial charge in [0.2, 0.25) is 0 Å². The van der Waals surface area contributed by atoms with Crippen LogP contribution >= 0.6 is 0 Å². The van der Waals surface area contributed by atoms with Gasteiger partial charge < -0.3 is 5.32 Å². The molecule has 0 heterocycles. The lowest BCUT2D eigenvalue weighted by molar-refractivity contribution is 0.102. The minimum absolute atomic E-state index is 0.223. The molecular weight excluding hydrogens is 310 g/mol. The van der Waals surface area contributed by atoms with Crippen LogP contribution in [0.15, 0.2) is 71.6 Å². The lowest BCUT2D eigenvalue weighted by Crippen LogP contribution is -2.11. The van der Waals surface area contributed by atoms with E-state index >= 15 is 0 Å². The molecule has 1 N–H and O–H groups in total. The van der Waals surface area contributed by atoms with Crippen molar-refractivity contribution in [3.05, 3.63) is 72.3 Å². The Labute approximate surface area is 134 Å². The zero-order valence-corrected chi connectivity index (χ0v) is 13.3. The number of carbonyl (C=O) groups excluding carboxylic acids is 1. The van der Waals surface area contributed by atoms with Gasteiger partial charge in [0.25, 0.3) is 5.91 Å². The molecule has 0 aromatic heterocycles. The first-order chi connectivity index (χ1) is 10.9. The predicted molar refractivity (Wildman–Crippen MR) is 91.5 cm³/mol. The Morgan fingerprint density at radius 1 is 0.870 bits per heavy atom. The van der Waals surface area contributed by atoms with Gasteiger partial charge in [0.15, 0.2) is 9.84 Å². The van der Waals surface area contributed by atoms with E-state index in [-0.39, 0.29) is 10.8 Å². The van der Waals surface area contributed by atoms with E-state index in [9.17, 15) is 13.2 Å². The second-order valence-corrected chi connectivity index (χ2v) is 7.33. The molecule has 3 aromatic rings. The van der Waals surface area contributed by atoms with Gasteiger partial charge in [-0.15, -0.1) is 0 Å². The van der Waals surface area contributed by atoms with E-state index in [2.05, 4.69) is 5.32 Å². The molecule has 0 aliphatic carbocycles. The molecule has 23 heavy (non-hydrogen) atoms. The molecule has 4 nitrogen and oxygen atoms in total. The fraction of sp³-hybridized carbons (Fsp3) is 0.0556. The maximum Gasteiger partial charge on any atom is 0.255 e. The van der Waals surface area contributed by atoms with Gasteiger partial charge in [-0.1, -0.05) is 30.3 Å². The third-order valence-electron chi connectivity index (χ3n) is 3.55. The van der Waals surface area contributed by atoms with Crippen LogP contribution in [0.1, 0.15) is 10.4 Å². The Balaban J connectivity index is 1.82. The number of hydrogen-bond donors (Lipinski definition) is 1. The van der Waals surface area contributed by atoms with Crippen molar-refractivity contribution in [2.75, 3.05) is 11.6 Å². The Bertz CT molecular complexity index is 977. The van der Waals surface area contributed by atoms with Crippen molar-refractivity contribution in [2.24, 2.45) is 0 Å². The summed E-state index contributed by atoms with van der Waals surface area (Å²) in [5.41, 5.74) is 1.10. The maximum absolute atomic E-state index is 12.3. The van der Waals surface area contributed by atoms with Crippen LogP contribution in [0.5, 0.6) is 0 Å². The average molecular weight is 325 g/mol. The number of amides is 1. The highest BCUT2D eigenvalue weighted by Gasteiger charge is 2.09. The highest BCUT2D eigenvalue weighted by atomic mass is 32.2. The van der Waals surface area contributed by atoms with Crippen LogP contribution in [-0.2, 0) is 9.84 Å². The summed E-state index contributed by atoms with van der Waals surface area (Å²) < 4.78 is 22.8.